The fraction of sp³-hybridized carbons (Fsp3) is 0.611. The van der Waals surface area contributed by atoms with Crippen LogP contribution in [0.1, 0.15) is 43.7 Å². The van der Waals surface area contributed by atoms with E-state index in [4.69, 9.17) is 4.74 Å². The molecule has 1 aromatic carbocycles. The van der Waals surface area contributed by atoms with Crippen molar-refractivity contribution in [1.29, 1.82) is 0 Å². The zero-order valence-corrected chi connectivity index (χ0v) is 14.1. The third-order valence-electron chi connectivity index (χ3n) is 4.51. The number of aliphatic hydroxyl groups excluding tert-OH is 1. The van der Waals surface area contributed by atoms with Crippen LogP contribution in [0.5, 0.6) is 0 Å². The number of carbonyl (C=O) groups excluding carboxylic acids is 1. The number of rotatable bonds is 8. The van der Waals surface area contributed by atoms with Crippen molar-refractivity contribution in [3.05, 3.63) is 35.6 Å². The van der Waals surface area contributed by atoms with Gasteiger partial charge in [0.1, 0.15) is 5.82 Å². The van der Waals surface area contributed by atoms with Gasteiger partial charge in [-0.15, -0.1) is 0 Å². The van der Waals surface area contributed by atoms with Crippen LogP contribution in [-0.2, 0) is 4.74 Å². The van der Waals surface area contributed by atoms with Crippen molar-refractivity contribution in [2.24, 2.45) is 5.92 Å². The number of hydrogen-bond donors (Lipinski definition) is 3. The van der Waals surface area contributed by atoms with Gasteiger partial charge in [0, 0.05) is 13.7 Å². The number of carbonyl (C=O) groups is 1. The van der Waals surface area contributed by atoms with Crippen molar-refractivity contribution in [3.63, 3.8) is 0 Å². The Morgan fingerprint density at radius 1 is 1.33 bits per heavy atom. The first-order chi connectivity index (χ1) is 11.6. The Bertz CT molecular complexity index is 503. The summed E-state index contributed by atoms with van der Waals surface area (Å²) in [6.07, 6.45) is 4.30. The standard InChI is InChI=1S/C18H27FN2O3/c1-24-12-16(22)10-11-20-18(23)21-17(13-4-2-3-5-13)14-6-8-15(19)9-7-14/h6-9,13,16-17,22H,2-5,10-12H2,1H3,(H2,20,21,23). The largest absolute Gasteiger partial charge is 0.391 e. The summed E-state index contributed by atoms with van der Waals surface area (Å²) in [7, 11) is 1.53. The molecule has 1 aromatic rings. The van der Waals surface area contributed by atoms with Crippen LogP contribution in [0.4, 0.5) is 9.18 Å². The predicted molar refractivity (Wildman–Crippen MR) is 90.1 cm³/mol. The maximum atomic E-state index is 13.2. The Hall–Kier alpha value is -1.66. The summed E-state index contributed by atoms with van der Waals surface area (Å²) in [4.78, 5) is 12.2. The van der Waals surface area contributed by atoms with Crippen molar-refractivity contribution >= 4 is 6.03 Å². The molecule has 1 aliphatic carbocycles. The fourth-order valence-electron chi connectivity index (χ4n) is 3.25. The molecule has 0 bridgehead atoms. The van der Waals surface area contributed by atoms with E-state index >= 15 is 0 Å². The quantitative estimate of drug-likeness (QED) is 0.682. The van der Waals surface area contributed by atoms with E-state index in [0.717, 1.165) is 31.2 Å². The van der Waals surface area contributed by atoms with Gasteiger partial charge in [-0.25, -0.2) is 9.18 Å². The monoisotopic (exact) mass is 338 g/mol. The lowest BCUT2D eigenvalue weighted by atomic mass is 9.91. The van der Waals surface area contributed by atoms with Crippen molar-refractivity contribution in [1.82, 2.24) is 10.6 Å². The van der Waals surface area contributed by atoms with Gasteiger partial charge in [-0.05, 0) is 42.9 Å². The number of amides is 2. The zero-order valence-electron chi connectivity index (χ0n) is 14.1. The molecule has 1 aliphatic rings. The molecule has 0 spiro atoms. The molecule has 2 rings (SSSR count). The molecule has 0 saturated heterocycles. The lowest BCUT2D eigenvalue weighted by Gasteiger charge is -2.25. The number of urea groups is 1. The predicted octanol–water partition coefficient (Wildman–Crippen LogP) is 2.75. The number of ether oxygens (including phenoxy) is 1. The van der Waals surface area contributed by atoms with Gasteiger partial charge in [0.2, 0.25) is 0 Å². The van der Waals surface area contributed by atoms with Gasteiger partial charge < -0.3 is 20.5 Å². The molecule has 2 atom stereocenters. The molecule has 3 N–H and O–H groups in total. The third kappa shape index (κ3) is 5.76. The highest BCUT2D eigenvalue weighted by Gasteiger charge is 2.27. The van der Waals surface area contributed by atoms with Crippen LogP contribution in [0.3, 0.4) is 0 Å². The van der Waals surface area contributed by atoms with Crippen molar-refractivity contribution < 1.29 is 19.0 Å². The van der Waals surface area contributed by atoms with E-state index in [1.807, 2.05) is 0 Å². The van der Waals surface area contributed by atoms with E-state index in [-0.39, 0.29) is 24.5 Å². The lowest BCUT2D eigenvalue weighted by molar-refractivity contribution is 0.0598. The molecular formula is C18H27FN2O3. The second kappa shape index (κ2) is 9.59. The number of hydrogen-bond acceptors (Lipinski definition) is 3. The molecule has 2 unspecified atom stereocenters. The van der Waals surface area contributed by atoms with Crippen LogP contribution in [0.2, 0.25) is 0 Å². The SMILES string of the molecule is COCC(O)CCNC(=O)NC(c1ccc(F)cc1)C1CCCC1. The minimum Gasteiger partial charge on any atom is -0.391 e. The molecule has 1 saturated carbocycles. The van der Waals surface area contributed by atoms with E-state index < -0.39 is 6.10 Å². The topological polar surface area (TPSA) is 70.6 Å². The number of halogens is 1. The lowest BCUT2D eigenvalue weighted by Crippen LogP contribution is -2.41. The first-order valence-corrected chi connectivity index (χ1v) is 8.57. The average molecular weight is 338 g/mol. The summed E-state index contributed by atoms with van der Waals surface area (Å²) in [6, 6.07) is 5.95. The Labute approximate surface area is 142 Å². The first-order valence-electron chi connectivity index (χ1n) is 8.57. The summed E-state index contributed by atoms with van der Waals surface area (Å²) in [5.41, 5.74) is 0.929. The molecule has 0 aliphatic heterocycles. The molecule has 6 heteroatoms. The van der Waals surface area contributed by atoms with Crippen LogP contribution in [0, 0.1) is 11.7 Å². The number of aliphatic hydroxyl groups is 1. The number of benzene rings is 1. The van der Waals surface area contributed by atoms with Crippen molar-refractivity contribution in [2.75, 3.05) is 20.3 Å². The first kappa shape index (κ1) is 18.7. The van der Waals surface area contributed by atoms with Gasteiger partial charge in [0.25, 0.3) is 0 Å². The third-order valence-corrected chi connectivity index (χ3v) is 4.51. The normalized spacial score (nSPS) is 17.5. The highest BCUT2D eigenvalue weighted by molar-refractivity contribution is 5.74. The van der Waals surface area contributed by atoms with Gasteiger partial charge >= 0.3 is 6.03 Å². The van der Waals surface area contributed by atoms with Crippen LogP contribution >= 0.6 is 0 Å². The van der Waals surface area contributed by atoms with E-state index in [1.54, 1.807) is 12.1 Å². The molecule has 0 heterocycles. The Morgan fingerprint density at radius 2 is 2.00 bits per heavy atom. The van der Waals surface area contributed by atoms with Crippen LogP contribution in [0.25, 0.3) is 0 Å². The maximum absolute atomic E-state index is 13.2. The maximum Gasteiger partial charge on any atom is 0.315 e. The molecule has 0 radical (unpaired) electrons. The summed E-state index contributed by atoms with van der Waals surface area (Å²) in [5, 5.41) is 15.4. The Kier molecular flexibility index (Phi) is 7.46. The molecule has 0 aromatic heterocycles. The fourth-order valence-corrected chi connectivity index (χ4v) is 3.25. The summed E-state index contributed by atoms with van der Waals surface area (Å²) in [6.45, 7) is 0.626. The van der Waals surface area contributed by atoms with E-state index in [9.17, 15) is 14.3 Å². The van der Waals surface area contributed by atoms with Gasteiger partial charge in [0.15, 0.2) is 0 Å². The van der Waals surface area contributed by atoms with Gasteiger partial charge in [-0.2, -0.15) is 0 Å². The molecule has 134 valence electrons. The average Bonchev–Trinajstić information content (AvgIpc) is 3.08. The highest BCUT2D eigenvalue weighted by Crippen LogP contribution is 2.35. The summed E-state index contributed by atoms with van der Waals surface area (Å²) < 4.78 is 18.0. The summed E-state index contributed by atoms with van der Waals surface area (Å²) >= 11 is 0. The van der Waals surface area contributed by atoms with E-state index in [1.165, 1.54) is 19.2 Å². The zero-order chi connectivity index (χ0) is 17.4. The van der Waals surface area contributed by atoms with Crippen molar-refractivity contribution in [3.8, 4) is 0 Å². The van der Waals surface area contributed by atoms with Gasteiger partial charge in [0.05, 0.1) is 18.8 Å². The second-order valence-electron chi connectivity index (χ2n) is 6.37. The van der Waals surface area contributed by atoms with Crippen molar-refractivity contribution in [2.45, 2.75) is 44.2 Å². The molecule has 24 heavy (non-hydrogen) atoms. The van der Waals surface area contributed by atoms with Gasteiger partial charge in [-0.1, -0.05) is 25.0 Å². The Morgan fingerprint density at radius 3 is 2.62 bits per heavy atom. The highest BCUT2D eigenvalue weighted by atomic mass is 19.1. The van der Waals surface area contributed by atoms with Crippen LogP contribution < -0.4 is 10.6 Å². The Balaban J connectivity index is 1.90. The second-order valence-corrected chi connectivity index (χ2v) is 6.37. The number of nitrogens with one attached hydrogen (secondary N) is 2. The molecular weight excluding hydrogens is 311 g/mol. The van der Waals surface area contributed by atoms with Crippen LogP contribution in [0.15, 0.2) is 24.3 Å². The minimum absolute atomic E-state index is 0.114. The molecule has 1 fully saturated rings. The van der Waals surface area contributed by atoms with Crippen LogP contribution in [-0.4, -0.2) is 37.5 Å². The van der Waals surface area contributed by atoms with Gasteiger partial charge in [-0.3, -0.25) is 0 Å². The number of methoxy groups -OCH3 is 1. The van der Waals surface area contributed by atoms with E-state index in [2.05, 4.69) is 10.6 Å². The minimum atomic E-state index is -0.585. The summed E-state index contributed by atoms with van der Waals surface area (Å²) in [5.74, 6) is 0.0980. The smallest absolute Gasteiger partial charge is 0.315 e. The molecule has 5 nitrogen and oxygen atoms in total. The molecule has 2 amide bonds. The van der Waals surface area contributed by atoms with E-state index in [0.29, 0.717) is 18.9 Å².